The number of aliphatic hydroxyl groups excluding tert-OH is 1. The smallest absolute Gasteiger partial charge is 0.225 e. The van der Waals surface area contributed by atoms with Crippen LogP contribution >= 0.6 is 0 Å². The Hall–Kier alpha value is -2.68. The predicted molar refractivity (Wildman–Crippen MR) is 93.1 cm³/mol. The van der Waals surface area contributed by atoms with Crippen molar-refractivity contribution in [2.45, 2.75) is 13.0 Å². The number of anilines is 4. The lowest BCUT2D eigenvalue weighted by Gasteiger charge is -2.13. The molecule has 0 aliphatic heterocycles. The lowest BCUT2D eigenvalue weighted by Crippen LogP contribution is -2.17. The summed E-state index contributed by atoms with van der Waals surface area (Å²) in [7, 11) is 3.53. The minimum absolute atomic E-state index is 0.351. The molecule has 0 radical (unpaired) electrons. The molecule has 1 unspecified atom stereocenters. The van der Waals surface area contributed by atoms with Crippen molar-refractivity contribution >= 4 is 34.6 Å². The molecule has 0 amide bonds. The quantitative estimate of drug-likeness (QED) is 0.452. The topological polar surface area (TPSA) is 120 Å². The van der Waals surface area contributed by atoms with Gasteiger partial charge in [-0.3, -0.25) is 0 Å². The Kier molecular flexibility index (Phi) is 5.47. The highest BCUT2D eigenvalue weighted by Gasteiger charge is 2.14. The molecule has 9 nitrogen and oxygen atoms in total. The van der Waals surface area contributed by atoms with Crippen LogP contribution in [0.2, 0.25) is 0 Å². The zero-order valence-corrected chi connectivity index (χ0v) is 13.5. The number of hydrogen-bond donors (Lipinski definition) is 5. The molecule has 0 spiro atoms. The average molecular weight is 318 g/mol. The van der Waals surface area contributed by atoms with E-state index in [1.807, 2.05) is 0 Å². The van der Waals surface area contributed by atoms with Crippen molar-refractivity contribution in [3.63, 3.8) is 0 Å². The Morgan fingerprint density at radius 2 is 1.52 bits per heavy atom. The van der Waals surface area contributed by atoms with E-state index in [4.69, 9.17) is 0 Å². The molecule has 124 valence electrons. The first-order valence-corrected chi connectivity index (χ1v) is 7.31. The van der Waals surface area contributed by atoms with Crippen molar-refractivity contribution in [1.82, 2.24) is 19.9 Å². The molecule has 1 atom stereocenters. The fraction of sp³-hybridized carbons (Fsp3) is 0.429. The first-order chi connectivity index (χ1) is 11.1. The molecule has 2 rings (SSSR count). The molecular formula is C14H22N8O. The van der Waals surface area contributed by atoms with Crippen LogP contribution < -0.4 is 21.3 Å². The molecule has 0 saturated heterocycles. The molecule has 2 aromatic heterocycles. The van der Waals surface area contributed by atoms with Crippen molar-refractivity contribution < 1.29 is 5.11 Å². The fourth-order valence-electron chi connectivity index (χ4n) is 1.92. The fourth-order valence-corrected chi connectivity index (χ4v) is 1.92. The Morgan fingerprint density at radius 1 is 1.00 bits per heavy atom. The Balaban J connectivity index is 2.51. The van der Waals surface area contributed by atoms with Gasteiger partial charge in [-0.05, 0) is 6.92 Å². The van der Waals surface area contributed by atoms with E-state index in [1.165, 1.54) is 0 Å². The van der Waals surface area contributed by atoms with Crippen LogP contribution in [0, 0.1) is 0 Å². The van der Waals surface area contributed by atoms with Gasteiger partial charge in [0.25, 0.3) is 0 Å². The number of aromatic nitrogens is 4. The van der Waals surface area contributed by atoms with E-state index >= 15 is 0 Å². The molecule has 23 heavy (non-hydrogen) atoms. The van der Waals surface area contributed by atoms with Crippen molar-refractivity contribution in [1.29, 1.82) is 0 Å². The molecule has 0 fully saturated rings. The number of nitrogens with one attached hydrogen (secondary N) is 4. The first kappa shape index (κ1) is 16.7. The third-order valence-corrected chi connectivity index (χ3v) is 2.98. The van der Waals surface area contributed by atoms with Crippen molar-refractivity contribution in [3.8, 4) is 0 Å². The summed E-state index contributed by atoms with van der Waals surface area (Å²) in [4.78, 5) is 17.7. The largest absolute Gasteiger partial charge is 0.392 e. The van der Waals surface area contributed by atoms with Gasteiger partial charge in [0.15, 0.2) is 11.6 Å². The molecule has 2 heterocycles. The minimum atomic E-state index is -0.502. The molecule has 0 aliphatic carbocycles. The molecule has 9 heteroatoms. The number of fused-ring (bicyclic) bond motifs is 1. The first-order valence-electron chi connectivity index (χ1n) is 7.31. The van der Waals surface area contributed by atoms with Gasteiger partial charge >= 0.3 is 0 Å². The van der Waals surface area contributed by atoms with Crippen molar-refractivity contribution in [3.05, 3.63) is 12.7 Å². The molecular weight excluding hydrogens is 296 g/mol. The summed E-state index contributed by atoms with van der Waals surface area (Å²) in [5, 5.41) is 21.5. The molecule has 2 aromatic rings. The summed E-state index contributed by atoms with van der Waals surface area (Å²) in [5.74, 6) is 2.02. The number of rotatable bonds is 8. The van der Waals surface area contributed by atoms with Gasteiger partial charge in [-0.2, -0.15) is 9.97 Å². The van der Waals surface area contributed by atoms with Gasteiger partial charge in [0.2, 0.25) is 11.9 Å². The number of aliphatic hydroxyl groups is 1. The van der Waals surface area contributed by atoms with Crippen LogP contribution in [0.3, 0.4) is 0 Å². The van der Waals surface area contributed by atoms with E-state index in [9.17, 15) is 5.11 Å². The van der Waals surface area contributed by atoms with Gasteiger partial charge in [0.05, 0.1) is 6.10 Å². The highest BCUT2D eigenvalue weighted by atomic mass is 16.3. The second-order valence-electron chi connectivity index (χ2n) is 4.89. The second kappa shape index (κ2) is 7.54. The van der Waals surface area contributed by atoms with E-state index in [1.54, 1.807) is 27.1 Å². The monoisotopic (exact) mass is 318 g/mol. The maximum atomic E-state index is 9.39. The average Bonchev–Trinajstić information content (AvgIpc) is 2.56. The maximum Gasteiger partial charge on any atom is 0.225 e. The number of hydrogen-bond acceptors (Lipinski definition) is 9. The molecule has 0 aliphatic rings. The van der Waals surface area contributed by atoms with E-state index in [0.717, 1.165) is 0 Å². The van der Waals surface area contributed by atoms with Gasteiger partial charge in [-0.15, -0.1) is 6.58 Å². The minimum Gasteiger partial charge on any atom is -0.392 e. The van der Waals surface area contributed by atoms with Crippen LogP contribution in [0.1, 0.15) is 6.92 Å². The van der Waals surface area contributed by atoms with E-state index in [2.05, 4.69) is 47.8 Å². The summed E-state index contributed by atoms with van der Waals surface area (Å²) in [6.45, 7) is 6.25. The highest BCUT2D eigenvalue weighted by Crippen LogP contribution is 2.26. The third-order valence-electron chi connectivity index (χ3n) is 2.98. The summed E-state index contributed by atoms with van der Waals surface area (Å²) >= 11 is 0. The van der Waals surface area contributed by atoms with Gasteiger partial charge < -0.3 is 26.4 Å². The normalized spacial score (nSPS) is 11.8. The maximum absolute atomic E-state index is 9.39. The van der Waals surface area contributed by atoms with Gasteiger partial charge in [0.1, 0.15) is 11.0 Å². The zero-order valence-electron chi connectivity index (χ0n) is 13.5. The Labute approximate surface area is 134 Å². The predicted octanol–water partition coefficient (Wildman–Crippen LogP) is 0.894. The van der Waals surface area contributed by atoms with Gasteiger partial charge in [-0.25, -0.2) is 9.97 Å². The molecule has 0 aromatic carbocycles. The van der Waals surface area contributed by atoms with Gasteiger partial charge in [-0.1, -0.05) is 6.08 Å². The van der Waals surface area contributed by atoms with Crippen molar-refractivity contribution in [2.24, 2.45) is 0 Å². The molecule has 5 N–H and O–H groups in total. The molecule has 0 saturated carbocycles. The summed E-state index contributed by atoms with van der Waals surface area (Å²) in [6, 6.07) is 0. The van der Waals surface area contributed by atoms with Crippen LogP contribution in [0.5, 0.6) is 0 Å². The lowest BCUT2D eigenvalue weighted by atomic mass is 10.3. The second-order valence-corrected chi connectivity index (χ2v) is 4.89. The van der Waals surface area contributed by atoms with E-state index in [0.29, 0.717) is 47.7 Å². The Bertz CT molecular complexity index is 688. The van der Waals surface area contributed by atoms with Crippen molar-refractivity contribution in [2.75, 3.05) is 48.5 Å². The highest BCUT2D eigenvalue weighted by molar-refractivity contribution is 5.94. The summed E-state index contributed by atoms with van der Waals surface area (Å²) in [5.41, 5.74) is 1.19. The van der Waals surface area contributed by atoms with Crippen LogP contribution in [0.4, 0.5) is 23.5 Å². The summed E-state index contributed by atoms with van der Waals surface area (Å²) in [6.07, 6.45) is 1.23. The van der Waals surface area contributed by atoms with Crippen LogP contribution in [-0.4, -0.2) is 58.3 Å². The van der Waals surface area contributed by atoms with Crippen LogP contribution in [0.25, 0.3) is 11.0 Å². The number of nitrogens with zero attached hydrogens (tertiary/aromatic N) is 4. The molecule has 0 bridgehead atoms. The van der Waals surface area contributed by atoms with E-state index < -0.39 is 6.10 Å². The standard InChI is InChI=1S/C14H22N8O/c1-5-6-17-13-19-9-10(11(15-3)21-13)20-14(18-7-8(2)23)22-12(9)16-4/h5,8,23H,1,6-7H2,2-4H3,(H2,15,17,19,21)(H2,16,18,20,22). The third kappa shape index (κ3) is 3.95. The van der Waals surface area contributed by atoms with E-state index in [-0.39, 0.29) is 0 Å². The zero-order chi connectivity index (χ0) is 16.8. The van der Waals surface area contributed by atoms with Gasteiger partial charge in [0, 0.05) is 27.2 Å². The summed E-state index contributed by atoms with van der Waals surface area (Å²) < 4.78 is 0. The SMILES string of the molecule is C=CCNc1nc(NC)c2nc(NCC(C)O)nc(NC)c2n1. The Morgan fingerprint density at radius 3 is 1.96 bits per heavy atom. The van der Waals surface area contributed by atoms with Crippen LogP contribution in [-0.2, 0) is 0 Å². The van der Waals surface area contributed by atoms with Crippen LogP contribution in [0.15, 0.2) is 12.7 Å². The lowest BCUT2D eigenvalue weighted by molar-refractivity contribution is 0.208.